The molecule has 0 saturated carbocycles. The Morgan fingerprint density at radius 1 is 1.46 bits per heavy atom. The zero-order valence-electron chi connectivity index (χ0n) is 8.92. The highest BCUT2D eigenvalue weighted by atomic mass is 28.3. The fraction of sp³-hybridized carbons (Fsp3) is 0.667. The predicted octanol–water partition coefficient (Wildman–Crippen LogP) is 1.22. The lowest BCUT2D eigenvalue weighted by atomic mass is 10.3. The fourth-order valence-corrected chi connectivity index (χ4v) is 2.64. The summed E-state index contributed by atoms with van der Waals surface area (Å²) >= 11 is 0. The lowest BCUT2D eigenvalue weighted by Gasteiger charge is -2.33. The Morgan fingerprint density at radius 3 is 2.15 bits per heavy atom. The quantitative estimate of drug-likeness (QED) is 0.549. The molecule has 4 heteroatoms. The maximum absolute atomic E-state index is 11.6. The van der Waals surface area contributed by atoms with Crippen LogP contribution in [0.5, 0.6) is 0 Å². The van der Waals surface area contributed by atoms with E-state index in [2.05, 4.69) is 26.2 Å². The number of carbonyl (C=O) groups is 1. The van der Waals surface area contributed by atoms with Gasteiger partial charge in [-0.25, -0.2) is 0 Å². The highest BCUT2D eigenvalue weighted by Crippen LogP contribution is 2.11. The Bertz CT molecular complexity index is 208. The third kappa shape index (κ3) is 3.74. The van der Waals surface area contributed by atoms with Gasteiger partial charge in [0.05, 0.1) is 6.61 Å². The first-order chi connectivity index (χ1) is 5.80. The Morgan fingerprint density at radius 2 is 1.92 bits per heavy atom. The molecule has 76 valence electrons. The zero-order valence-corrected chi connectivity index (χ0v) is 9.92. The molecule has 3 nitrogen and oxygen atoms in total. The van der Waals surface area contributed by atoms with Gasteiger partial charge in [0, 0.05) is 12.1 Å². The van der Waals surface area contributed by atoms with Gasteiger partial charge in [0.1, 0.15) is 0 Å². The zero-order chi connectivity index (χ0) is 10.6. The van der Waals surface area contributed by atoms with Gasteiger partial charge in [-0.15, -0.1) is 0 Å². The molecule has 1 N–H and O–H groups in total. The van der Waals surface area contributed by atoms with Crippen molar-refractivity contribution in [1.29, 1.82) is 0 Å². The van der Waals surface area contributed by atoms with Crippen molar-refractivity contribution in [1.82, 2.24) is 4.57 Å². The van der Waals surface area contributed by atoms with Crippen LogP contribution in [0.3, 0.4) is 0 Å². The normalized spacial score (nSPS) is 11.2. The van der Waals surface area contributed by atoms with Crippen molar-refractivity contribution in [2.45, 2.75) is 26.6 Å². The van der Waals surface area contributed by atoms with E-state index in [4.69, 9.17) is 5.11 Å². The molecule has 0 radical (unpaired) electrons. The SMILES string of the molecule is C=C(C)C(=O)N(CCO)[Si](C)(C)C. The average Bonchev–Trinajstić information content (AvgIpc) is 1.96. The van der Waals surface area contributed by atoms with Crippen LogP contribution in [-0.2, 0) is 4.79 Å². The number of aliphatic hydroxyl groups excluding tert-OH is 1. The van der Waals surface area contributed by atoms with Gasteiger partial charge in [-0.05, 0) is 6.92 Å². The first-order valence-corrected chi connectivity index (χ1v) is 7.83. The minimum absolute atomic E-state index is 0.0172. The first-order valence-electron chi connectivity index (χ1n) is 4.39. The number of rotatable bonds is 4. The van der Waals surface area contributed by atoms with Gasteiger partial charge >= 0.3 is 0 Å². The molecular formula is C9H19NO2Si. The molecule has 0 rings (SSSR count). The number of nitrogens with zero attached hydrogens (tertiary/aromatic N) is 1. The van der Waals surface area contributed by atoms with Crippen LogP contribution in [0.2, 0.25) is 19.6 Å². The van der Waals surface area contributed by atoms with Crippen LogP contribution in [0.25, 0.3) is 0 Å². The molecule has 0 aromatic heterocycles. The van der Waals surface area contributed by atoms with Crippen molar-refractivity contribution < 1.29 is 9.90 Å². The van der Waals surface area contributed by atoms with E-state index in [1.165, 1.54) is 0 Å². The van der Waals surface area contributed by atoms with E-state index < -0.39 is 8.24 Å². The Kier molecular flexibility index (Phi) is 4.36. The standard InChI is InChI=1S/C9H19NO2Si/c1-8(2)9(12)10(6-7-11)13(3,4)5/h11H,1,6-7H2,2-5H3. The number of hydrogen-bond acceptors (Lipinski definition) is 2. The van der Waals surface area contributed by atoms with Crippen molar-refractivity contribution >= 4 is 14.1 Å². The lowest BCUT2D eigenvalue weighted by Crippen LogP contribution is -2.51. The van der Waals surface area contributed by atoms with E-state index in [1.807, 2.05) is 0 Å². The second kappa shape index (κ2) is 4.57. The Hall–Kier alpha value is -0.613. The molecule has 0 fully saturated rings. The van der Waals surface area contributed by atoms with E-state index in [0.717, 1.165) is 0 Å². The molecule has 0 aromatic rings. The van der Waals surface area contributed by atoms with Gasteiger partial charge in [-0.3, -0.25) is 4.79 Å². The monoisotopic (exact) mass is 201 g/mol. The molecule has 0 atom stereocenters. The smallest absolute Gasteiger partial charge is 0.241 e. The lowest BCUT2D eigenvalue weighted by molar-refractivity contribution is -0.123. The van der Waals surface area contributed by atoms with Crippen LogP contribution < -0.4 is 0 Å². The largest absolute Gasteiger partial charge is 0.395 e. The Labute approximate surface area is 81.1 Å². The molecule has 0 aliphatic rings. The topological polar surface area (TPSA) is 40.5 Å². The third-order valence-electron chi connectivity index (χ3n) is 1.74. The van der Waals surface area contributed by atoms with Crippen molar-refractivity contribution in [3.05, 3.63) is 12.2 Å². The number of aliphatic hydroxyl groups is 1. The summed E-state index contributed by atoms with van der Waals surface area (Å²) < 4.78 is 1.76. The number of carbonyl (C=O) groups excluding carboxylic acids is 1. The summed E-state index contributed by atoms with van der Waals surface area (Å²) in [4.78, 5) is 11.6. The van der Waals surface area contributed by atoms with Crippen LogP contribution in [0, 0.1) is 0 Å². The second-order valence-electron chi connectivity index (χ2n) is 4.13. The summed E-state index contributed by atoms with van der Waals surface area (Å²) in [6.07, 6.45) is 0. The Balaban J connectivity index is 4.61. The molecular weight excluding hydrogens is 182 g/mol. The number of hydrogen-bond donors (Lipinski definition) is 1. The summed E-state index contributed by atoms with van der Waals surface area (Å²) in [5.74, 6) is -0.0341. The van der Waals surface area contributed by atoms with Crippen molar-refractivity contribution in [2.75, 3.05) is 13.2 Å². The minimum atomic E-state index is -1.67. The molecule has 0 bridgehead atoms. The van der Waals surface area contributed by atoms with Crippen LogP contribution in [-0.4, -0.2) is 37.0 Å². The summed E-state index contributed by atoms with van der Waals surface area (Å²) in [5, 5.41) is 8.83. The summed E-state index contributed by atoms with van der Waals surface area (Å²) in [6, 6.07) is 0. The molecule has 0 unspecified atom stereocenters. The maximum atomic E-state index is 11.6. The summed E-state index contributed by atoms with van der Waals surface area (Å²) in [5.41, 5.74) is 0.538. The minimum Gasteiger partial charge on any atom is -0.395 e. The maximum Gasteiger partial charge on any atom is 0.241 e. The second-order valence-corrected chi connectivity index (χ2v) is 9.01. The molecule has 0 aliphatic heterocycles. The van der Waals surface area contributed by atoms with E-state index in [1.54, 1.807) is 11.5 Å². The van der Waals surface area contributed by atoms with E-state index in [-0.39, 0.29) is 12.5 Å². The van der Waals surface area contributed by atoms with E-state index in [9.17, 15) is 4.79 Å². The molecule has 1 amide bonds. The average molecular weight is 201 g/mol. The van der Waals surface area contributed by atoms with Gasteiger partial charge < -0.3 is 9.67 Å². The van der Waals surface area contributed by atoms with Crippen LogP contribution in [0.1, 0.15) is 6.92 Å². The van der Waals surface area contributed by atoms with Crippen LogP contribution in [0.15, 0.2) is 12.2 Å². The predicted molar refractivity (Wildman–Crippen MR) is 57.0 cm³/mol. The fourth-order valence-electron chi connectivity index (χ4n) is 1.07. The highest BCUT2D eigenvalue weighted by Gasteiger charge is 2.27. The van der Waals surface area contributed by atoms with Crippen LogP contribution >= 0.6 is 0 Å². The van der Waals surface area contributed by atoms with Crippen molar-refractivity contribution in [2.24, 2.45) is 0 Å². The first kappa shape index (κ1) is 12.4. The molecule has 0 aromatic carbocycles. The summed E-state index contributed by atoms with van der Waals surface area (Å²) in [6.45, 7) is 12.0. The van der Waals surface area contributed by atoms with Gasteiger partial charge in [-0.2, -0.15) is 0 Å². The van der Waals surface area contributed by atoms with Crippen molar-refractivity contribution in [3.8, 4) is 0 Å². The van der Waals surface area contributed by atoms with Gasteiger partial charge in [-0.1, -0.05) is 26.2 Å². The van der Waals surface area contributed by atoms with Crippen molar-refractivity contribution in [3.63, 3.8) is 0 Å². The number of amides is 1. The van der Waals surface area contributed by atoms with Gasteiger partial charge in [0.2, 0.25) is 5.91 Å². The van der Waals surface area contributed by atoms with Crippen LogP contribution in [0.4, 0.5) is 0 Å². The molecule has 13 heavy (non-hydrogen) atoms. The molecule has 0 saturated heterocycles. The molecule has 0 spiro atoms. The molecule has 0 heterocycles. The van der Waals surface area contributed by atoms with Gasteiger partial charge in [0.25, 0.3) is 0 Å². The van der Waals surface area contributed by atoms with Gasteiger partial charge in [0.15, 0.2) is 8.24 Å². The third-order valence-corrected chi connectivity index (χ3v) is 3.79. The van der Waals surface area contributed by atoms with E-state index >= 15 is 0 Å². The van der Waals surface area contributed by atoms with E-state index in [0.29, 0.717) is 12.1 Å². The molecule has 0 aliphatic carbocycles. The summed E-state index contributed by atoms with van der Waals surface area (Å²) in [7, 11) is -1.67. The highest BCUT2D eigenvalue weighted by molar-refractivity contribution is 6.75.